The highest BCUT2D eigenvalue weighted by Gasteiger charge is 2.35. The van der Waals surface area contributed by atoms with E-state index < -0.39 is 41.0 Å². The number of amides is 1. The third kappa shape index (κ3) is 4.73. The maximum absolute atomic E-state index is 13.7. The molecule has 21 heavy (non-hydrogen) atoms. The second-order valence-electron chi connectivity index (χ2n) is 4.47. The van der Waals surface area contributed by atoms with Gasteiger partial charge in [0.05, 0.1) is 11.1 Å². The van der Waals surface area contributed by atoms with Gasteiger partial charge in [0.15, 0.2) is 0 Å². The lowest BCUT2D eigenvalue weighted by atomic mass is 10.1. The summed E-state index contributed by atoms with van der Waals surface area (Å²) in [4.78, 5) is 22.1. The van der Waals surface area contributed by atoms with Crippen molar-refractivity contribution in [2.75, 3.05) is 0 Å². The third-order valence-electron chi connectivity index (χ3n) is 2.72. The van der Waals surface area contributed by atoms with Crippen LogP contribution in [-0.2, 0) is 11.0 Å². The van der Waals surface area contributed by atoms with Crippen molar-refractivity contribution < 1.29 is 32.3 Å². The largest absolute Gasteiger partial charge is 0.481 e. The molecule has 0 heterocycles. The van der Waals surface area contributed by atoms with E-state index in [1.165, 1.54) is 6.92 Å². The molecule has 0 saturated heterocycles. The number of benzene rings is 1. The summed E-state index contributed by atoms with van der Waals surface area (Å²) in [5.74, 6) is -3.73. The summed E-state index contributed by atoms with van der Waals surface area (Å²) in [5, 5.41) is 10.7. The second-order valence-corrected chi connectivity index (χ2v) is 4.47. The van der Waals surface area contributed by atoms with E-state index in [0.717, 1.165) is 12.1 Å². The van der Waals surface area contributed by atoms with Gasteiger partial charge in [-0.25, -0.2) is 4.39 Å². The van der Waals surface area contributed by atoms with Gasteiger partial charge in [-0.05, 0) is 25.5 Å². The second kappa shape index (κ2) is 6.55. The first kappa shape index (κ1) is 16.9. The van der Waals surface area contributed by atoms with E-state index in [1.54, 1.807) is 0 Å². The highest BCUT2D eigenvalue weighted by Crippen LogP contribution is 2.32. The first-order valence-electron chi connectivity index (χ1n) is 6.01. The van der Waals surface area contributed by atoms with Gasteiger partial charge in [-0.2, -0.15) is 13.2 Å². The van der Waals surface area contributed by atoms with Crippen LogP contribution in [0.1, 0.15) is 35.7 Å². The number of nitrogens with one attached hydrogen (secondary N) is 1. The lowest BCUT2D eigenvalue weighted by Crippen LogP contribution is -2.33. The van der Waals surface area contributed by atoms with Crippen molar-refractivity contribution in [3.05, 3.63) is 35.1 Å². The highest BCUT2D eigenvalue weighted by atomic mass is 19.4. The molecule has 0 fully saturated rings. The number of alkyl halides is 3. The van der Waals surface area contributed by atoms with Crippen molar-refractivity contribution in [2.24, 2.45) is 0 Å². The molecule has 0 aromatic heterocycles. The van der Waals surface area contributed by atoms with Crippen molar-refractivity contribution in [3.8, 4) is 0 Å². The van der Waals surface area contributed by atoms with Gasteiger partial charge in [-0.3, -0.25) is 9.59 Å². The number of halogens is 4. The fraction of sp³-hybridized carbons (Fsp3) is 0.385. The summed E-state index contributed by atoms with van der Waals surface area (Å²) in [6, 6.07) is 1.80. The fourth-order valence-electron chi connectivity index (χ4n) is 1.64. The lowest BCUT2D eigenvalue weighted by Gasteiger charge is -2.15. The Labute approximate surface area is 117 Å². The topological polar surface area (TPSA) is 66.4 Å². The van der Waals surface area contributed by atoms with Crippen LogP contribution in [0.15, 0.2) is 18.2 Å². The fourth-order valence-corrected chi connectivity index (χ4v) is 1.64. The molecule has 1 aromatic rings. The van der Waals surface area contributed by atoms with Crippen molar-refractivity contribution in [1.29, 1.82) is 0 Å². The van der Waals surface area contributed by atoms with Crippen LogP contribution in [0.2, 0.25) is 0 Å². The van der Waals surface area contributed by atoms with Gasteiger partial charge in [-0.1, -0.05) is 6.07 Å². The number of hydrogen-bond donors (Lipinski definition) is 2. The van der Waals surface area contributed by atoms with Gasteiger partial charge < -0.3 is 10.4 Å². The summed E-state index contributed by atoms with van der Waals surface area (Å²) in [7, 11) is 0. The molecule has 1 atom stereocenters. The molecule has 0 aliphatic heterocycles. The summed E-state index contributed by atoms with van der Waals surface area (Å²) in [6.45, 7) is 1.48. The van der Waals surface area contributed by atoms with Crippen LogP contribution in [0.4, 0.5) is 17.6 Å². The lowest BCUT2D eigenvalue weighted by molar-refractivity contribution is -0.140. The molecule has 0 aliphatic carbocycles. The molecule has 0 bridgehead atoms. The predicted octanol–water partition coefficient (Wildman–Crippen LogP) is 2.83. The van der Waals surface area contributed by atoms with Crippen LogP contribution in [0.3, 0.4) is 0 Å². The molecule has 0 radical (unpaired) electrons. The Balaban J connectivity index is 2.86. The Hall–Kier alpha value is -2.12. The van der Waals surface area contributed by atoms with Gasteiger partial charge in [0, 0.05) is 12.5 Å². The van der Waals surface area contributed by atoms with E-state index in [0.29, 0.717) is 6.07 Å². The monoisotopic (exact) mass is 307 g/mol. The average molecular weight is 307 g/mol. The zero-order valence-electron chi connectivity index (χ0n) is 11.0. The van der Waals surface area contributed by atoms with Gasteiger partial charge in [0.1, 0.15) is 5.82 Å². The maximum atomic E-state index is 13.7. The molecule has 0 spiro atoms. The van der Waals surface area contributed by atoms with Crippen LogP contribution in [0, 0.1) is 5.82 Å². The minimum absolute atomic E-state index is 0.0850. The number of aliphatic carboxylic acids is 1. The Morgan fingerprint density at radius 1 is 1.33 bits per heavy atom. The molecule has 4 nitrogen and oxygen atoms in total. The molecular weight excluding hydrogens is 294 g/mol. The van der Waals surface area contributed by atoms with Crippen molar-refractivity contribution in [3.63, 3.8) is 0 Å². The molecule has 1 rings (SSSR count). The van der Waals surface area contributed by atoms with Gasteiger partial charge in [0.25, 0.3) is 5.91 Å². The Morgan fingerprint density at radius 2 is 1.95 bits per heavy atom. The van der Waals surface area contributed by atoms with E-state index in [4.69, 9.17) is 5.11 Å². The number of carbonyl (C=O) groups excluding carboxylic acids is 1. The number of rotatable bonds is 5. The molecule has 8 heteroatoms. The Kier molecular flexibility index (Phi) is 5.28. The van der Waals surface area contributed by atoms with Crippen LogP contribution in [0.25, 0.3) is 0 Å². The van der Waals surface area contributed by atoms with Gasteiger partial charge in [-0.15, -0.1) is 0 Å². The summed E-state index contributed by atoms with van der Waals surface area (Å²) < 4.78 is 51.3. The van der Waals surface area contributed by atoms with E-state index >= 15 is 0 Å². The minimum Gasteiger partial charge on any atom is -0.481 e. The van der Waals surface area contributed by atoms with Gasteiger partial charge in [0.2, 0.25) is 0 Å². The molecule has 116 valence electrons. The number of carboxylic acids is 1. The molecule has 0 saturated carbocycles. The van der Waals surface area contributed by atoms with Crippen LogP contribution in [-0.4, -0.2) is 23.0 Å². The first-order valence-corrected chi connectivity index (χ1v) is 6.01. The normalized spacial score (nSPS) is 12.8. The standard InChI is InChI=1S/C13H13F4NO3/c1-7(5-6-10(19)20)18-12(21)8-3-2-4-9(11(8)14)13(15,16)17/h2-4,7H,5-6H2,1H3,(H,18,21)(H,19,20). The molecule has 1 amide bonds. The van der Waals surface area contributed by atoms with Crippen molar-refractivity contribution in [2.45, 2.75) is 32.0 Å². The van der Waals surface area contributed by atoms with E-state index in [1.807, 2.05) is 0 Å². The van der Waals surface area contributed by atoms with E-state index in [-0.39, 0.29) is 12.8 Å². The molecule has 0 aliphatic rings. The zero-order chi connectivity index (χ0) is 16.2. The van der Waals surface area contributed by atoms with Crippen molar-refractivity contribution in [1.82, 2.24) is 5.32 Å². The quantitative estimate of drug-likeness (QED) is 0.822. The Bertz CT molecular complexity index is 543. The summed E-state index contributed by atoms with van der Waals surface area (Å²) >= 11 is 0. The zero-order valence-corrected chi connectivity index (χ0v) is 11.0. The molecule has 1 unspecified atom stereocenters. The highest BCUT2D eigenvalue weighted by molar-refractivity contribution is 5.94. The predicted molar refractivity (Wildman–Crippen MR) is 65.2 cm³/mol. The summed E-state index contributed by atoms with van der Waals surface area (Å²) in [5.41, 5.74) is -2.25. The maximum Gasteiger partial charge on any atom is 0.419 e. The molecule has 1 aromatic carbocycles. The van der Waals surface area contributed by atoms with Crippen LogP contribution < -0.4 is 5.32 Å². The number of carbonyl (C=O) groups is 2. The smallest absolute Gasteiger partial charge is 0.419 e. The SMILES string of the molecule is CC(CCC(=O)O)NC(=O)c1cccc(C(F)(F)F)c1F. The number of carboxylic acid groups (broad SMARTS) is 1. The van der Waals surface area contributed by atoms with E-state index in [2.05, 4.69) is 5.32 Å². The third-order valence-corrected chi connectivity index (χ3v) is 2.72. The average Bonchev–Trinajstić information content (AvgIpc) is 2.35. The van der Waals surface area contributed by atoms with E-state index in [9.17, 15) is 27.2 Å². The molecular formula is C13H13F4NO3. The Morgan fingerprint density at radius 3 is 2.48 bits per heavy atom. The van der Waals surface area contributed by atoms with Crippen molar-refractivity contribution >= 4 is 11.9 Å². The van der Waals surface area contributed by atoms with Gasteiger partial charge >= 0.3 is 12.1 Å². The van der Waals surface area contributed by atoms with Crippen LogP contribution in [0.5, 0.6) is 0 Å². The number of hydrogen-bond acceptors (Lipinski definition) is 2. The minimum atomic E-state index is -4.89. The summed E-state index contributed by atoms with van der Waals surface area (Å²) in [6.07, 6.45) is -5.02. The van der Waals surface area contributed by atoms with Crippen LogP contribution >= 0.6 is 0 Å². The first-order chi connectivity index (χ1) is 9.62. The molecule has 2 N–H and O–H groups in total.